The number of carbonyl (C=O) groups excluding carboxylic acids is 1. The highest BCUT2D eigenvalue weighted by Gasteiger charge is 2.64. The van der Waals surface area contributed by atoms with Gasteiger partial charge in [-0.1, -0.05) is 6.07 Å². The third-order valence-corrected chi connectivity index (χ3v) is 5.04. The summed E-state index contributed by atoms with van der Waals surface area (Å²) in [4.78, 5) is 16.4. The van der Waals surface area contributed by atoms with Gasteiger partial charge in [-0.05, 0) is 25.5 Å². The molecule has 3 N–H and O–H groups in total. The molecular formula is C20H22F5N5O3. The van der Waals surface area contributed by atoms with Crippen molar-refractivity contribution in [3.8, 4) is 11.5 Å². The summed E-state index contributed by atoms with van der Waals surface area (Å²) >= 11 is 0. The summed E-state index contributed by atoms with van der Waals surface area (Å²) < 4.78 is 72.3. The van der Waals surface area contributed by atoms with E-state index in [0.717, 1.165) is 6.07 Å². The van der Waals surface area contributed by atoms with Crippen LogP contribution in [0.15, 0.2) is 29.3 Å². The van der Waals surface area contributed by atoms with Gasteiger partial charge in [0.15, 0.2) is 17.2 Å². The zero-order valence-corrected chi connectivity index (χ0v) is 17.7. The summed E-state index contributed by atoms with van der Waals surface area (Å²) in [5.41, 5.74) is 0.100. The number of aromatic nitrogens is 2. The summed E-state index contributed by atoms with van der Waals surface area (Å²) in [6, 6.07) is 3.02. The SMILES string of the molecule is COc1cccc(C=NCCNC(=O)c2cc3n(n2)[C@H](C(F)(F)C(F)(F)F)C[C@H](C)N3)c1O. The molecule has 13 heteroatoms. The highest BCUT2D eigenvalue weighted by atomic mass is 19.4. The van der Waals surface area contributed by atoms with Gasteiger partial charge in [-0.3, -0.25) is 9.79 Å². The zero-order valence-electron chi connectivity index (χ0n) is 17.7. The van der Waals surface area contributed by atoms with Crippen LogP contribution in [0.5, 0.6) is 11.5 Å². The minimum atomic E-state index is -5.75. The fourth-order valence-electron chi connectivity index (χ4n) is 3.38. The van der Waals surface area contributed by atoms with Crippen LogP contribution >= 0.6 is 0 Å². The molecular weight excluding hydrogens is 453 g/mol. The summed E-state index contributed by atoms with van der Waals surface area (Å²) in [6.45, 7) is 1.61. The Balaban J connectivity index is 1.65. The molecule has 180 valence electrons. The molecule has 0 saturated heterocycles. The molecule has 1 aromatic heterocycles. The van der Waals surface area contributed by atoms with Crippen LogP contribution in [0.4, 0.5) is 27.8 Å². The predicted molar refractivity (Wildman–Crippen MR) is 109 cm³/mol. The molecule has 8 nitrogen and oxygen atoms in total. The molecule has 1 aromatic carbocycles. The molecule has 0 fully saturated rings. The molecule has 1 amide bonds. The average molecular weight is 475 g/mol. The molecule has 2 atom stereocenters. The second-order valence-electron chi connectivity index (χ2n) is 7.47. The molecule has 1 aliphatic rings. The molecule has 0 saturated carbocycles. The number of fused-ring (bicyclic) bond motifs is 1. The highest BCUT2D eigenvalue weighted by Crippen LogP contribution is 2.47. The number of halogens is 5. The summed E-state index contributed by atoms with van der Waals surface area (Å²) in [5.74, 6) is -5.69. The quantitative estimate of drug-likeness (QED) is 0.324. The number of aromatic hydroxyl groups is 1. The lowest BCUT2D eigenvalue weighted by molar-refractivity contribution is -0.301. The number of aliphatic imine (C=N–C) groups is 1. The van der Waals surface area contributed by atoms with Gasteiger partial charge in [-0.25, -0.2) is 4.68 Å². The monoisotopic (exact) mass is 475 g/mol. The smallest absolute Gasteiger partial charge is 0.455 e. The van der Waals surface area contributed by atoms with Gasteiger partial charge in [0.05, 0.1) is 13.7 Å². The molecule has 1 aliphatic heterocycles. The fourth-order valence-corrected chi connectivity index (χ4v) is 3.38. The first-order chi connectivity index (χ1) is 15.5. The number of phenols is 1. The Morgan fingerprint density at radius 1 is 1.39 bits per heavy atom. The van der Waals surface area contributed by atoms with Crippen molar-refractivity contribution < 1.29 is 36.6 Å². The second-order valence-corrected chi connectivity index (χ2v) is 7.47. The van der Waals surface area contributed by atoms with Crippen LogP contribution in [-0.2, 0) is 0 Å². The molecule has 0 unspecified atom stereocenters. The van der Waals surface area contributed by atoms with Crippen LogP contribution in [-0.4, -0.2) is 65.3 Å². The molecule has 33 heavy (non-hydrogen) atoms. The second kappa shape index (κ2) is 9.24. The van der Waals surface area contributed by atoms with E-state index in [1.807, 2.05) is 0 Å². The van der Waals surface area contributed by atoms with Gasteiger partial charge in [0, 0.05) is 30.4 Å². The number of phenolic OH excluding ortho intramolecular Hbond substituents is 1. The number of anilines is 1. The number of alkyl halides is 5. The number of nitrogens with zero attached hydrogens (tertiary/aromatic N) is 3. The maximum Gasteiger partial charge on any atom is 0.455 e. The Morgan fingerprint density at radius 2 is 2.12 bits per heavy atom. The molecule has 3 rings (SSSR count). The minimum absolute atomic E-state index is 0.0359. The Morgan fingerprint density at radius 3 is 2.79 bits per heavy atom. The first kappa shape index (κ1) is 24.3. The summed E-state index contributed by atoms with van der Waals surface area (Å²) in [7, 11) is 1.40. The normalized spacial score (nSPS) is 18.6. The number of hydrogen-bond acceptors (Lipinski definition) is 6. The first-order valence-corrected chi connectivity index (χ1v) is 9.90. The third-order valence-electron chi connectivity index (χ3n) is 5.04. The highest BCUT2D eigenvalue weighted by molar-refractivity contribution is 5.93. The molecule has 0 aliphatic carbocycles. The van der Waals surface area contributed by atoms with E-state index in [9.17, 15) is 31.9 Å². The number of benzene rings is 1. The number of hydrogen-bond donors (Lipinski definition) is 3. The molecule has 0 bridgehead atoms. The lowest BCUT2D eigenvalue weighted by Crippen LogP contribution is -2.48. The van der Waals surface area contributed by atoms with Crippen molar-refractivity contribution in [2.45, 2.75) is 37.5 Å². The number of carbonyl (C=O) groups is 1. The molecule has 0 radical (unpaired) electrons. The minimum Gasteiger partial charge on any atom is -0.504 e. The van der Waals surface area contributed by atoms with Crippen molar-refractivity contribution in [2.24, 2.45) is 4.99 Å². The maximum atomic E-state index is 14.0. The van der Waals surface area contributed by atoms with Gasteiger partial charge in [-0.2, -0.15) is 27.1 Å². The van der Waals surface area contributed by atoms with Crippen LogP contribution in [0.3, 0.4) is 0 Å². The van der Waals surface area contributed by atoms with E-state index < -0.39 is 36.5 Å². The van der Waals surface area contributed by atoms with Crippen LogP contribution in [0.2, 0.25) is 0 Å². The van der Waals surface area contributed by atoms with Crippen LogP contribution in [0.25, 0.3) is 0 Å². The summed E-state index contributed by atoms with van der Waals surface area (Å²) in [6.07, 6.45) is -4.89. The van der Waals surface area contributed by atoms with Crippen molar-refractivity contribution in [3.63, 3.8) is 0 Å². The number of ether oxygens (including phenoxy) is 1. The first-order valence-electron chi connectivity index (χ1n) is 9.90. The predicted octanol–water partition coefficient (Wildman–Crippen LogP) is 3.39. The number of amides is 1. The number of para-hydroxylation sites is 1. The molecule has 2 aromatic rings. The van der Waals surface area contributed by atoms with Crippen molar-refractivity contribution in [2.75, 3.05) is 25.5 Å². The third kappa shape index (κ3) is 5.01. The standard InChI is InChI=1S/C20H22F5N5O3/c1-11-8-15(19(21,22)20(23,24)25)30-16(28-11)9-13(29-30)18(32)27-7-6-26-10-12-4-3-5-14(33-2)17(12)31/h3-5,9-11,15,28,31H,6-8H2,1-2H3,(H,27,32)/t11-,15-/m0/s1. The number of rotatable bonds is 7. The molecule has 0 spiro atoms. The largest absolute Gasteiger partial charge is 0.504 e. The van der Waals surface area contributed by atoms with Crippen molar-refractivity contribution >= 4 is 17.9 Å². The Kier molecular flexibility index (Phi) is 6.79. The van der Waals surface area contributed by atoms with Crippen LogP contribution in [0.1, 0.15) is 35.4 Å². The Bertz CT molecular complexity index is 1040. The lowest BCUT2D eigenvalue weighted by atomic mass is 9.99. The lowest BCUT2D eigenvalue weighted by Gasteiger charge is -2.35. The van der Waals surface area contributed by atoms with Gasteiger partial charge in [-0.15, -0.1) is 0 Å². The van der Waals surface area contributed by atoms with Gasteiger partial charge in [0.25, 0.3) is 5.91 Å². The zero-order chi connectivity index (χ0) is 24.4. The van der Waals surface area contributed by atoms with Crippen LogP contribution < -0.4 is 15.4 Å². The maximum absolute atomic E-state index is 14.0. The Labute approximate surface area is 185 Å². The van der Waals surface area contributed by atoms with E-state index in [1.54, 1.807) is 18.2 Å². The van der Waals surface area contributed by atoms with Crippen molar-refractivity contribution in [3.05, 3.63) is 35.5 Å². The van der Waals surface area contributed by atoms with Gasteiger partial charge in [0.2, 0.25) is 0 Å². The summed E-state index contributed by atoms with van der Waals surface area (Å²) in [5, 5.41) is 18.9. The fraction of sp³-hybridized carbons (Fsp3) is 0.450. The number of methoxy groups -OCH3 is 1. The van der Waals surface area contributed by atoms with E-state index >= 15 is 0 Å². The average Bonchev–Trinajstić information content (AvgIpc) is 3.17. The van der Waals surface area contributed by atoms with Crippen molar-refractivity contribution in [1.82, 2.24) is 15.1 Å². The van der Waals surface area contributed by atoms with Crippen LogP contribution in [0, 0.1) is 0 Å². The van der Waals surface area contributed by atoms with Gasteiger partial charge >= 0.3 is 12.1 Å². The van der Waals surface area contributed by atoms with E-state index in [2.05, 4.69) is 20.7 Å². The van der Waals surface area contributed by atoms with Gasteiger partial charge < -0.3 is 20.5 Å². The van der Waals surface area contributed by atoms with E-state index in [4.69, 9.17) is 4.74 Å². The Hall–Kier alpha value is -3.38. The van der Waals surface area contributed by atoms with E-state index in [0.29, 0.717) is 10.2 Å². The molecule has 2 heterocycles. The van der Waals surface area contributed by atoms with E-state index in [1.165, 1.54) is 20.2 Å². The number of nitrogens with one attached hydrogen (secondary N) is 2. The van der Waals surface area contributed by atoms with Crippen molar-refractivity contribution in [1.29, 1.82) is 0 Å². The van der Waals surface area contributed by atoms with Gasteiger partial charge in [0.1, 0.15) is 11.9 Å². The topological polar surface area (TPSA) is 101 Å². The van der Waals surface area contributed by atoms with E-state index in [-0.39, 0.29) is 36.1 Å².